The molecule has 0 aliphatic rings. The van der Waals surface area contributed by atoms with E-state index in [0.29, 0.717) is 19.4 Å². The first-order valence-corrected chi connectivity index (χ1v) is 9.78. The molecule has 0 unspecified atom stereocenters. The fourth-order valence-corrected chi connectivity index (χ4v) is 4.02. The van der Waals surface area contributed by atoms with Gasteiger partial charge in [0.1, 0.15) is 0 Å². The van der Waals surface area contributed by atoms with Gasteiger partial charge in [-0.05, 0) is 63.3 Å². The maximum absolute atomic E-state index is 12.7. The average molecular weight is 379 g/mol. The topological polar surface area (TPSA) is 51.0 Å². The molecule has 0 bridgehead atoms. The average Bonchev–Trinajstić information content (AvgIpc) is 2.90. The minimum Gasteiger partial charge on any atom is -0.341 e. The predicted octanol–water partition coefficient (Wildman–Crippen LogP) is 4.10. The van der Waals surface area contributed by atoms with E-state index in [4.69, 9.17) is 4.98 Å². The smallest absolute Gasteiger partial charge is 0.222 e. The number of nitrogens with zero attached hydrogens (tertiary/aromatic N) is 4. The number of carbonyl (C=O) groups excluding carboxylic acids is 1. The molecule has 0 saturated carbocycles. The van der Waals surface area contributed by atoms with Crippen LogP contribution in [0.2, 0.25) is 0 Å². The third kappa shape index (κ3) is 3.79. The van der Waals surface area contributed by atoms with Crippen molar-refractivity contribution in [3.63, 3.8) is 0 Å². The number of hydrogen-bond donors (Lipinski definition) is 0. The van der Waals surface area contributed by atoms with Crippen LogP contribution in [-0.2, 0) is 24.8 Å². The van der Waals surface area contributed by atoms with E-state index in [-0.39, 0.29) is 5.91 Å². The summed E-state index contributed by atoms with van der Waals surface area (Å²) in [6, 6.07) is 6.38. The first-order valence-electron chi connectivity index (χ1n) is 9.78. The van der Waals surface area contributed by atoms with Gasteiger partial charge in [-0.15, -0.1) is 0 Å². The molecule has 1 amide bonds. The molecular formula is C23H30N4O. The van der Waals surface area contributed by atoms with Crippen LogP contribution in [0.15, 0.2) is 18.2 Å². The highest BCUT2D eigenvalue weighted by Crippen LogP contribution is 2.26. The molecule has 2 aromatic heterocycles. The van der Waals surface area contributed by atoms with Gasteiger partial charge in [0, 0.05) is 38.1 Å². The van der Waals surface area contributed by atoms with Crippen LogP contribution in [0.25, 0.3) is 11.0 Å². The molecule has 5 heteroatoms. The Balaban J connectivity index is 1.74. The van der Waals surface area contributed by atoms with Crippen LogP contribution in [0.5, 0.6) is 0 Å². The number of benzene rings is 1. The Morgan fingerprint density at radius 1 is 1.11 bits per heavy atom. The van der Waals surface area contributed by atoms with Crippen molar-refractivity contribution in [2.75, 3.05) is 7.05 Å². The number of aryl methyl sites for hydroxylation is 6. The van der Waals surface area contributed by atoms with Crippen molar-refractivity contribution in [1.82, 2.24) is 19.7 Å². The van der Waals surface area contributed by atoms with Crippen molar-refractivity contribution in [1.29, 1.82) is 0 Å². The molecule has 2 heterocycles. The summed E-state index contributed by atoms with van der Waals surface area (Å²) in [4.78, 5) is 19.3. The van der Waals surface area contributed by atoms with E-state index >= 15 is 0 Å². The Bertz CT molecular complexity index is 1050. The zero-order valence-electron chi connectivity index (χ0n) is 18.1. The van der Waals surface area contributed by atoms with Gasteiger partial charge in [-0.1, -0.05) is 23.8 Å². The van der Waals surface area contributed by atoms with Gasteiger partial charge in [0.2, 0.25) is 5.91 Å². The van der Waals surface area contributed by atoms with Crippen molar-refractivity contribution < 1.29 is 4.79 Å². The SMILES string of the molecule is Cc1ccc(CN(C)C(=O)CCc2c(C)nc3c(c(C)nn3C)c2C)c(C)c1. The summed E-state index contributed by atoms with van der Waals surface area (Å²) in [5.41, 5.74) is 8.91. The molecule has 0 N–H and O–H groups in total. The maximum atomic E-state index is 12.7. The van der Waals surface area contributed by atoms with Gasteiger partial charge in [0.05, 0.1) is 5.69 Å². The van der Waals surface area contributed by atoms with Crippen molar-refractivity contribution in [2.45, 2.75) is 54.0 Å². The Morgan fingerprint density at radius 2 is 1.82 bits per heavy atom. The number of fused-ring (bicyclic) bond motifs is 1. The molecule has 28 heavy (non-hydrogen) atoms. The van der Waals surface area contributed by atoms with E-state index in [0.717, 1.165) is 28.0 Å². The van der Waals surface area contributed by atoms with Crippen LogP contribution in [0, 0.1) is 34.6 Å². The van der Waals surface area contributed by atoms with Gasteiger partial charge in [-0.25, -0.2) is 4.98 Å². The highest BCUT2D eigenvalue weighted by Gasteiger charge is 2.17. The normalized spacial score (nSPS) is 11.2. The zero-order chi connectivity index (χ0) is 20.6. The third-order valence-corrected chi connectivity index (χ3v) is 5.65. The maximum Gasteiger partial charge on any atom is 0.222 e. The fourth-order valence-electron chi connectivity index (χ4n) is 4.02. The third-order valence-electron chi connectivity index (χ3n) is 5.65. The van der Waals surface area contributed by atoms with Crippen LogP contribution >= 0.6 is 0 Å². The molecular weight excluding hydrogens is 348 g/mol. The summed E-state index contributed by atoms with van der Waals surface area (Å²) in [6.45, 7) is 11.0. The Hall–Kier alpha value is -2.69. The molecule has 3 aromatic rings. The number of hydrogen-bond acceptors (Lipinski definition) is 3. The largest absolute Gasteiger partial charge is 0.341 e. The quantitative estimate of drug-likeness (QED) is 0.672. The molecule has 1 aromatic carbocycles. The zero-order valence-corrected chi connectivity index (χ0v) is 18.1. The molecule has 0 aliphatic carbocycles. The predicted molar refractivity (Wildman–Crippen MR) is 113 cm³/mol. The molecule has 0 radical (unpaired) electrons. The standard InChI is InChI=1S/C23H30N4O/c1-14-8-9-19(15(2)12-14)13-26(6)21(28)11-10-20-16(3)22-18(5)25-27(7)23(22)24-17(20)4/h8-9,12H,10-11,13H2,1-7H3. The van der Waals surface area contributed by atoms with E-state index in [9.17, 15) is 4.79 Å². The summed E-state index contributed by atoms with van der Waals surface area (Å²) in [5.74, 6) is 0.154. The van der Waals surface area contributed by atoms with Gasteiger partial charge < -0.3 is 4.90 Å². The van der Waals surface area contributed by atoms with Crippen LogP contribution < -0.4 is 0 Å². The second-order valence-corrected chi connectivity index (χ2v) is 7.89. The first kappa shape index (κ1) is 20.1. The number of aromatic nitrogens is 3. The van der Waals surface area contributed by atoms with Gasteiger partial charge >= 0.3 is 0 Å². The lowest BCUT2D eigenvalue weighted by Crippen LogP contribution is -2.27. The van der Waals surface area contributed by atoms with Gasteiger partial charge in [0.25, 0.3) is 0 Å². The second kappa shape index (κ2) is 7.74. The van der Waals surface area contributed by atoms with Crippen LogP contribution in [0.1, 0.15) is 45.6 Å². The van der Waals surface area contributed by atoms with Crippen molar-refractivity contribution in [2.24, 2.45) is 7.05 Å². The summed E-state index contributed by atoms with van der Waals surface area (Å²) in [6.07, 6.45) is 1.18. The summed E-state index contributed by atoms with van der Waals surface area (Å²) < 4.78 is 1.83. The molecule has 0 atom stereocenters. The minimum atomic E-state index is 0.154. The number of pyridine rings is 1. The number of rotatable bonds is 5. The molecule has 5 nitrogen and oxygen atoms in total. The molecule has 148 valence electrons. The summed E-state index contributed by atoms with van der Waals surface area (Å²) >= 11 is 0. The van der Waals surface area contributed by atoms with E-state index in [2.05, 4.69) is 44.1 Å². The lowest BCUT2D eigenvalue weighted by molar-refractivity contribution is -0.130. The van der Waals surface area contributed by atoms with E-state index in [1.165, 1.54) is 22.3 Å². The Morgan fingerprint density at radius 3 is 2.50 bits per heavy atom. The highest BCUT2D eigenvalue weighted by atomic mass is 16.2. The van der Waals surface area contributed by atoms with Gasteiger partial charge in [0.15, 0.2) is 5.65 Å². The fraction of sp³-hybridized carbons (Fsp3) is 0.435. The van der Waals surface area contributed by atoms with Crippen LogP contribution in [-0.4, -0.2) is 32.6 Å². The Kier molecular flexibility index (Phi) is 5.54. The van der Waals surface area contributed by atoms with E-state index in [1.54, 1.807) is 0 Å². The lowest BCUT2D eigenvalue weighted by atomic mass is 9.99. The lowest BCUT2D eigenvalue weighted by Gasteiger charge is -2.19. The monoisotopic (exact) mass is 378 g/mol. The van der Waals surface area contributed by atoms with E-state index in [1.807, 2.05) is 37.5 Å². The second-order valence-electron chi connectivity index (χ2n) is 7.89. The molecule has 0 fully saturated rings. The van der Waals surface area contributed by atoms with Crippen LogP contribution in [0.3, 0.4) is 0 Å². The first-order chi connectivity index (χ1) is 13.2. The molecule has 3 rings (SSSR count). The van der Waals surface area contributed by atoms with Gasteiger partial charge in [-0.3, -0.25) is 9.48 Å². The number of amides is 1. The summed E-state index contributed by atoms with van der Waals surface area (Å²) in [7, 11) is 3.81. The molecule has 0 aliphatic heterocycles. The minimum absolute atomic E-state index is 0.154. The highest BCUT2D eigenvalue weighted by molar-refractivity contribution is 5.84. The van der Waals surface area contributed by atoms with Crippen molar-refractivity contribution in [3.05, 3.63) is 57.4 Å². The molecule has 0 saturated heterocycles. The van der Waals surface area contributed by atoms with E-state index < -0.39 is 0 Å². The van der Waals surface area contributed by atoms with Crippen molar-refractivity contribution >= 4 is 16.9 Å². The van der Waals surface area contributed by atoms with Gasteiger partial charge in [-0.2, -0.15) is 5.10 Å². The van der Waals surface area contributed by atoms with Crippen LogP contribution in [0.4, 0.5) is 0 Å². The number of carbonyl (C=O) groups is 1. The van der Waals surface area contributed by atoms with Crippen molar-refractivity contribution in [3.8, 4) is 0 Å². The molecule has 0 spiro atoms. The Labute approximate surface area is 167 Å². The summed E-state index contributed by atoms with van der Waals surface area (Å²) in [5, 5.41) is 5.61.